The van der Waals surface area contributed by atoms with Crippen molar-refractivity contribution in [1.29, 1.82) is 0 Å². The molecule has 0 aliphatic heterocycles. The number of anilines is 1. The smallest absolute Gasteiger partial charge is 0.330 e. The molecule has 0 radical (unpaired) electrons. The predicted molar refractivity (Wildman–Crippen MR) is 69.8 cm³/mol. The minimum absolute atomic E-state index is 0.569. The third-order valence-corrected chi connectivity index (χ3v) is 2.72. The number of benzene rings is 1. The van der Waals surface area contributed by atoms with Gasteiger partial charge in [0, 0.05) is 5.69 Å². The molecular formula is C13H18N2O3. The lowest BCUT2D eigenvalue weighted by Crippen LogP contribution is -2.44. The number of carbonyl (C=O) groups excluding carboxylic acids is 1. The van der Waals surface area contributed by atoms with E-state index in [1.807, 2.05) is 32.9 Å². The van der Waals surface area contributed by atoms with Gasteiger partial charge in [0.05, 0.1) is 0 Å². The molecule has 0 saturated carbocycles. The highest BCUT2D eigenvalue weighted by Gasteiger charge is 2.24. The van der Waals surface area contributed by atoms with Gasteiger partial charge in [0.25, 0.3) is 5.91 Å². The molecule has 0 aliphatic carbocycles. The van der Waals surface area contributed by atoms with E-state index in [1.54, 1.807) is 0 Å². The number of carboxylic acids is 1. The molecule has 5 nitrogen and oxygen atoms in total. The zero-order valence-corrected chi connectivity index (χ0v) is 11.0. The van der Waals surface area contributed by atoms with Crippen molar-refractivity contribution >= 4 is 17.6 Å². The summed E-state index contributed by atoms with van der Waals surface area (Å²) in [5.41, 5.74) is 3.61. The van der Waals surface area contributed by atoms with Gasteiger partial charge in [0.15, 0.2) is 6.04 Å². The molecule has 1 rings (SSSR count). The minimum atomic E-state index is -1.25. The zero-order chi connectivity index (χ0) is 13.9. The van der Waals surface area contributed by atoms with E-state index in [0.29, 0.717) is 5.69 Å². The Hall–Kier alpha value is -1.88. The fourth-order valence-electron chi connectivity index (χ4n) is 1.94. The summed E-state index contributed by atoms with van der Waals surface area (Å²) in [7, 11) is 1.44. The van der Waals surface area contributed by atoms with Crippen LogP contribution in [-0.2, 0) is 9.59 Å². The molecule has 5 heteroatoms. The summed E-state index contributed by atoms with van der Waals surface area (Å²) in [4.78, 5) is 22.7. The van der Waals surface area contributed by atoms with Gasteiger partial charge in [-0.25, -0.2) is 4.79 Å². The van der Waals surface area contributed by atoms with Crippen molar-refractivity contribution in [1.82, 2.24) is 5.32 Å². The highest BCUT2D eigenvalue weighted by atomic mass is 16.4. The fourth-order valence-corrected chi connectivity index (χ4v) is 1.94. The summed E-state index contributed by atoms with van der Waals surface area (Å²) in [6, 6.07) is 2.64. The maximum absolute atomic E-state index is 11.8. The average Bonchev–Trinajstić information content (AvgIpc) is 2.23. The van der Waals surface area contributed by atoms with Gasteiger partial charge < -0.3 is 10.4 Å². The first kappa shape index (κ1) is 14.2. The molecule has 0 bridgehead atoms. The lowest BCUT2D eigenvalue weighted by molar-refractivity contribution is -0.142. The monoisotopic (exact) mass is 250 g/mol. The minimum Gasteiger partial charge on any atom is -0.480 e. The van der Waals surface area contributed by atoms with Crippen LogP contribution in [0.3, 0.4) is 0 Å². The lowest BCUT2D eigenvalue weighted by Gasteiger charge is -2.16. The van der Waals surface area contributed by atoms with Crippen LogP contribution in [0.15, 0.2) is 12.1 Å². The van der Waals surface area contributed by atoms with Crippen LogP contribution in [0.5, 0.6) is 0 Å². The first-order valence-electron chi connectivity index (χ1n) is 5.65. The number of carbonyl (C=O) groups is 2. The highest BCUT2D eigenvalue weighted by molar-refractivity contribution is 6.08. The molecule has 1 atom stereocenters. The van der Waals surface area contributed by atoms with Crippen LogP contribution in [0, 0.1) is 20.8 Å². The van der Waals surface area contributed by atoms with E-state index in [4.69, 9.17) is 5.11 Å². The van der Waals surface area contributed by atoms with E-state index in [0.717, 1.165) is 16.7 Å². The van der Waals surface area contributed by atoms with Gasteiger partial charge in [0.2, 0.25) is 0 Å². The van der Waals surface area contributed by atoms with Gasteiger partial charge in [-0.05, 0) is 38.9 Å². The number of nitrogens with one attached hydrogen (secondary N) is 2. The van der Waals surface area contributed by atoms with Crippen molar-refractivity contribution in [3.63, 3.8) is 0 Å². The van der Waals surface area contributed by atoms with Crippen LogP contribution in [0.4, 0.5) is 5.69 Å². The first-order valence-corrected chi connectivity index (χ1v) is 5.65. The van der Waals surface area contributed by atoms with Crippen molar-refractivity contribution in [2.45, 2.75) is 26.8 Å². The Morgan fingerprint density at radius 2 is 1.67 bits per heavy atom. The number of amides is 1. The predicted octanol–water partition coefficient (Wildman–Crippen LogP) is 1.22. The lowest BCUT2D eigenvalue weighted by atomic mass is 10.0. The molecule has 0 spiro atoms. The number of carboxylic acid groups (broad SMARTS) is 1. The maximum atomic E-state index is 11.8. The van der Waals surface area contributed by atoms with Crippen molar-refractivity contribution in [2.24, 2.45) is 0 Å². The van der Waals surface area contributed by atoms with E-state index in [2.05, 4.69) is 10.6 Å². The number of aryl methyl sites for hydroxylation is 3. The van der Waals surface area contributed by atoms with Gasteiger partial charge in [-0.1, -0.05) is 17.7 Å². The Balaban J connectivity index is 2.98. The van der Waals surface area contributed by atoms with E-state index in [1.165, 1.54) is 7.05 Å². The normalized spacial score (nSPS) is 12.0. The van der Waals surface area contributed by atoms with Crippen LogP contribution in [0.1, 0.15) is 16.7 Å². The van der Waals surface area contributed by atoms with Gasteiger partial charge in [-0.15, -0.1) is 0 Å². The maximum Gasteiger partial charge on any atom is 0.330 e. The van der Waals surface area contributed by atoms with E-state index in [9.17, 15) is 9.59 Å². The Labute approximate surface area is 106 Å². The van der Waals surface area contributed by atoms with Crippen LogP contribution in [0.25, 0.3) is 0 Å². The average molecular weight is 250 g/mol. The summed E-state index contributed by atoms with van der Waals surface area (Å²) in [6.07, 6.45) is 0. The summed E-state index contributed by atoms with van der Waals surface area (Å²) >= 11 is 0. The topological polar surface area (TPSA) is 78.4 Å². The second kappa shape index (κ2) is 5.64. The van der Waals surface area contributed by atoms with Gasteiger partial charge in [-0.2, -0.15) is 0 Å². The highest BCUT2D eigenvalue weighted by Crippen LogP contribution is 2.21. The van der Waals surface area contributed by atoms with Gasteiger partial charge in [-0.3, -0.25) is 10.1 Å². The van der Waals surface area contributed by atoms with Crippen LogP contribution < -0.4 is 10.6 Å². The summed E-state index contributed by atoms with van der Waals surface area (Å²) in [5, 5.41) is 14.0. The van der Waals surface area contributed by atoms with Crippen molar-refractivity contribution in [2.75, 3.05) is 12.4 Å². The van der Waals surface area contributed by atoms with Crippen molar-refractivity contribution in [3.8, 4) is 0 Å². The number of hydrogen-bond donors (Lipinski definition) is 3. The molecule has 1 aromatic rings. The Morgan fingerprint density at radius 3 is 2.06 bits per heavy atom. The Bertz CT molecular complexity index is 460. The number of aliphatic carboxylic acids is 1. The molecule has 1 unspecified atom stereocenters. The summed E-state index contributed by atoms with van der Waals surface area (Å²) < 4.78 is 0. The third kappa shape index (κ3) is 3.07. The summed E-state index contributed by atoms with van der Waals surface area (Å²) in [5.74, 6) is -1.77. The molecule has 0 saturated heterocycles. The Kier molecular flexibility index (Phi) is 4.44. The molecule has 1 aromatic carbocycles. The molecular weight excluding hydrogens is 232 g/mol. The molecule has 1 amide bonds. The zero-order valence-electron chi connectivity index (χ0n) is 11.0. The molecule has 0 fully saturated rings. The molecule has 18 heavy (non-hydrogen) atoms. The SMILES string of the molecule is CNC(C(=O)O)C(=O)Nc1c(C)cc(C)cc1C. The number of likely N-dealkylation sites (N-methyl/N-ethyl adjacent to an activating group) is 1. The van der Waals surface area contributed by atoms with Gasteiger partial charge in [0.1, 0.15) is 0 Å². The molecule has 98 valence electrons. The van der Waals surface area contributed by atoms with E-state index >= 15 is 0 Å². The molecule has 3 N–H and O–H groups in total. The first-order chi connectivity index (χ1) is 8.36. The quantitative estimate of drug-likeness (QED) is 0.702. The fraction of sp³-hybridized carbons (Fsp3) is 0.385. The van der Waals surface area contributed by atoms with Crippen LogP contribution in [0.2, 0.25) is 0 Å². The number of hydrogen-bond acceptors (Lipinski definition) is 3. The van der Waals surface area contributed by atoms with Gasteiger partial charge >= 0.3 is 5.97 Å². The van der Waals surface area contributed by atoms with Crippen molar-refractivity contribution in [3.05, 3.63) is 28.8 Å². The largest absolute Gasteiger partial charge is 0.480 e. The van der Waals surface area contributed by atoms with E-state index < -0.39 is 17.9 Å². The second-order valence-corrected chi connectivity index (χ2v) is 4.32. The van der Waals surface area contributed by atoms with E-state index in [-0.39, 0.29) is 0 Å². The number of rotatable bonds is 4. The molecule has 0 heterocycles. The van der Waals surface area contributed by atoms with Crippen LogP contribution >= 0.6 is 0 Å². The summed E-state index contributed by atoms with van der Waals surface area (Å²) in [6.45, 7) is 5.73. The van der Waals surface area contributed by atoms with Crippen molar-refractivity contribution < 1.29 is 14.7 Å². The molecule has 0 aromatic heterocycles. The molecule has 0 aliphatic rings. The Morgan fingerprint density at radius 1 is 1.17 bits per heavy atom. The van der Waals surface area contributed by atoms with Crippen LogP contribution in [-0.4, -0.2) is 30.1 Å². The third-order valence-electron chi connectivity index (χ3n) is 2.72. The second-order valence-electron chi connectivity index (χ2n) is 4.32. The standard InChI is InChI=1S/C13H18N2O3/c1-7-5-8(2)10(9(3)6-7)15-12(16)11(14-4)13(17)18/h5-6,11,14H,1-4H3,(H,15,16)(H,17,18).